The average molecular weight is 608 g/mol. The summed E-state index contributed by atoms with van der Waals surface area (Å²) >= 11 is 12.9. The van der Waals surface area contributed by atoms with Gasteiger partial charge in [0.05, 0.1) is 19.1 Å². The Labute approximate surface area is 251 Å². The summed E-state index contributed by atoms with van der Waals surface area (Å²) in [6, 6.07) is 14.4. The first-order valence-corrected chi connectivity index (χ1v) is 14.2. The van der Waals surface area contributed by atoms with E-state index in [1.165, 1.54) is 15.4 Å². The minimum absolute atomic E-state index is 0.0848. The smallest absolute Gasteiger partial charge is 0.269 e. The van der Waals surface area contributed by atoms with Gasteiger partial charge in [0, 0.05) is 17.8 Å². The molecule has 0 saturated carbocycles. The summed E-state index contributed by atoms with van der Waals surface area (Å²) in [5.74, 6) is 1.50. The minimum Gasteiger partial charge on any atom is -0.493 e. The topological polar surface area (TPSA) is 82.4 Å². The van der Waals surface area contributed by atoms with E-state index < -0.39 is 0 Å². The van der Waals surface area contributed by atoms with Crippen LogP contribution in [-0.2, 0) is 11.2 Å². The van der Waals surface area contributed by atoms with Gasteiger partial charge in [-0.3, -0.25) is 18.9 Å². The molecule has 0 unspecified atom stereocenters. The number of thioether (sulfide) groups is 1. The van der Waals surface area contributed by atoms with E-state index in [-0.39, 0.29) is 22.9 Å². The standard InChI is InChI=1S/C30H26ClN3O5S2/c1-17-6-5-12-33-26(17)32-27(39-20-8-9-22(31)18(2)14-20)21(28(33)35)16-25-29(36)34(30(40)41-25)13-11-19-7-10-23(37-3)24(15-19)38-4/h5-10,12,14-16H,11,13H2,1-4H3/b25-16+. The van der Waals surface area contributed by atoms with Gasteiger partial charge in [0.15, 0.2) is 11.5 Å². The second-order valence-electron chi connectivity index (χ2n) is 9.31. The number of ether oxygens (including phenoxy) is 3. The van der Waals surface area contributed by atoms with Crippen LogP contribution in [0.25, 0.3) is 11.7 Å². The minimum atomic E-state index is -0.366. The Morgan fingerprint density at radius 2 is 1.80 bits per heavy atom. The molecule has 3 heterocycles. The number of aryl methyl sites for hydroxylation is 2. The van der Waals surface area contributed by atoms with E-state index >= 15 is 0 Å². The van der Waals surface area contributed by atoms with Gasteiger partial charge in [-0.2, -0.15) is 4.98 Å². The Hall–Kier alpha value is -3.86. The highest BCUT2D eigenvalue weighted by molar-refractivity contribution is 8.26. The number of nitrogens with zero attached hydrogens (tertiary/aromatic N) is 3. The summed E-state index contributed by atoms with van der Waals surface area (Å²) in [5.41, 5.74) is 2.81. The highest BCUT2D eigenvalue weighted by Gasteiger charge is 2.32. The second kappa shape index (κ2) is 11.9. The maximum Gasteiger partial charge on any atom is 0.269 e. The van der Waals surface area contributed by atoms with Crippen LogP contribution in [-0.4, -0.2) is 45.3 Å². The quantitative estimate of drug-likeness (QED) is 0.173. The van der Waals surface area contributed by atoms with Crippen LogP contribution in [0.5, 0.6) is 23.1 Å². The van der Waals surface area contributed by atoms with Gasteiger partial charge in [-0.15, -0.1) is 0 Å². The number of rotatable bonds is 8. The van der Waals surface area contributed by atoms with E-state index in [1.807, 2.05) is 38.1 Å². The predicted octanol–water partition coefficient (Wildman–Crippen LogP) is 6.22. The van der Waals surface area contributed by atoms with Gasteiger partial charge in [0.25, 0.3) is 11.5 Å². The molecular weight excluding hydrogens is 582 g/mol. The monoisotopic (exact) mass is 607 g/mol. The number of benzene rings is 2. The number of hydrogen-bond donors (Lipinski definition) is 0. The molecule has 5 rings (SSSR count). The fourth-order valence-corrected chi connectivity index (χ4v) is 5.79. The van der Waals surface area contributed by atoms with E-state index in [0.717, 1.165) is 28.5 Å². The Morgan fingerprint density at radius 3 is 2.54 bits per heavy atom. The van der Waals surface area contributed by atoms with Crippen LogP contribution in [0.3, 0.4) is 0 Å². The van der Waals surface area contributed by atoms with Crippen LogP contribution in [0.4, 0.5) is 0 Å². The first-order valence-electron chi connectivity index (χ1n) is 12.6. The zero-order valence-corrected chi connectivity index (χ0v) is 25.2. The van der Waals surface area contributed by atoms with Crippen LogP contribution in [0.1, 0.15) is 22.3 Å². The molecule has 1 fully saturated rings. The second-order valence-corrected chi connectivity index (χ2v) is 11.4. The number of hydrogen-bond acceptors (Lipinski definition) is 8. The van der Waals surface area contributed by atoms with Gasteiger partial charge in [0.1, 0.15) is 21.3 Å². The maximum absolute atomic E-state index is 13.7. The molecule has 0 aliphatic carbocycles. The van der Waals surface area contributed by atoms with Crippen molar-refractivity contribution in [2.24, 2.45) is 0 Å². The number of carbonyl (C=O) groups is 1. The number of thiocarbonyl (C=S) groups is 1. The van der Waals surface area contributed by atoms with Crippen molar-refractivity contribution >= 4 is 57.5 Å². The summed E-state index contributed by atoms with van der Waals surface area (Å²) in [7, 11) is 3.15. The fourth-order valence-electron chi connectivity index (χ4n) is 4.39. The number of halogens is 1. The largest absolute Gasteiger partial charge is 0.493 e. The first kappa shape index (κ1) is 28.7. The van der Waals surface area contributed by atoms with Crippen molar-refractivity contribution in [2.75, 3.05) is 20.8 Å². The van der Waals surface area contributed by atoms with E-state index in [9.17, 15) is 9.59 Å². The molecule has 0 radical (unpaired) electrons. The summed E-state index contributed by atoms with van der Waals surface area (Å²) in [5, 5.41) is 0.594. The lowest BCUT2D eigenvalue weighted by molar-refractivity contribution is -0.122. The number of carbonyl (C=O) groups excluding carboxylic acids is 1. The third-order valence-corrected chi connectivity index (χ3v) is 8.42. The zero-order chi connectivity index (χ0) is 29.3. The lowest BCUT2D eigenvalue weighted by Gasteiger charge is -2.15. The highest BCUT2D eigenvalue weighted by atomic mass is 35.5. The van der Waals surface area contributed by atoms with Gasteiger partial charge in [-0.25, -0.2) is 0 Å². The Kier molecular flexibility index (Phi) is 8.35. The number of pyridine rings is 1. The van der Waals surface area contributed by atoms with E-state index in [0.29, 0.717) is 50.1 Å². The molecule has 4 aromatic rings. The molecule has 0 atom stereocenters. The van der Waals surface area contributed by atoms with Crippen molar-refractivity contribution in [3.05, 3.63) is 97.3 Å². The van der Waals surface area contributed by atoms with Crippen LogP contribution >= 0.6 is 35.6 Å². The van der Waals surface area contributed by atoms with Gasteiger partial charge in [-0.05, 0) is 79.4 Å². The van der Waals surface area contributed by atoms with Crippen molar-refractivity contribution in [1.82, 2.24) is 14.3 Å². The normalized spacial score (nSPS) is 14.3. The van der Waals surface area contributed by atoms with Crippen LogP contribution in [0.15, 0.2) is 64.4 Å². The third-order valence-electron chi connectivity index (χ3n) is 6.61. The Bertz CT molecular complexity index is 1790. The molecule has 2 aromatic heterocycles. The summed E-state index contributed by atoms with van der Waals surface area (Å²) in [6.45, 7) is 4.08. The van der Waals surface area contributed by atoms with Crippen molar-refractivity contribution < 1.29 is 19.0 Å². The maximum atomic E-state index is 13.7. The van der Waals surface area contributed by atoms with Crippen LogP contribution in [0, 0.1) is 13.8 Å². The lowest BCUT2D eigenvalue weighted by atomic mass is 10.1. The SMILES string of the molecule is COc1ccc(CCN2C(=O)/C(=C\c3c(Oc4ccc(Cl)c(C)c4)nc4c(C)cccn4c3=O)SC2=S)cc1OC. The van der Waals surface area contributed by atoms with Gasteiger partial charge >= 0.3 is 0 Å². The molecule has 11 heteroatoms. The van der Waals surface area contributed by atoms with Gasteiger partial charge < -0.3 is 14.2 Å². The van der Waals surface area contributed by atoms with Crippen molar-refractivity contribution in [3.63, 3.8) is 0 Å². The lowest BCUT2D eigenvalue weighted by Crippen LogP contribution is -2.30. The highest BCUT2D eigenvalue weighted by Crippen LogP contribution is 2.35. The van der Waals surface area contributed by atoms with Gasteiger partial charge in [-0.1, -0.05) is 47.7 Å². The van der Waals surface area contributed by atoms with Crippen LogP contribution < -0.4 is 19.8 Å². The predicted molar refractivity (Wildman–Crippen MR) is 166 cm³/mol. The molecule has 210 valence electrons. The van der Waals surface area contributed by atoms with E-state index in [2.05, 4.69) is 4.98 Å². The summed E-state index contributed by atoms with van der Waals surface area (Å²) in [6.07, 6.45) is 3.70. The molecule has 2 aromatic carbocycles. The molecule has 1 saturated heterocycles. The van der Waals surface area contributed by atoms with E-state index in [4.69, 9.17) is 38.0 Å². The number of methoxy groups -OCH3 is 2. The third kappa shape index (κ3) is 5.81. The summed E-state index contributed by atoms with van der Waals surface area (Å²) < 4.78 is 18.7. The average Bonchev–Trinajstić information content (AvgIpc) is 3.23. The van der Waals surface area contributed by atoms with Crippen molar-refractivity contribution in [1.29, 1.82) is 0 Å². The molecular formula is C30H26ClN3O5S2. The Morgan fingerprint density at radius 1 is 1.02 bits per heavy atom. The molecule has 0 N–H and O–H groups in total. The Balaban J connectivity index is 1.48. The molecule has 41 heavy (non-hydrogen) atoms. The first-order chi connectivity index (χ1) is 19.7. The molecule has 0 bridgehead atoms. The van der Waals surface area contributed by atoms with Crippen LogP contribution in [0.2, 0.25) is 5.02 Å². The molecule has 8 nitrogen and oxygen atoms in total. The zero-order valence-electron chi connectivity index (χ0n) is 22.8. The molecule has 0 spiro atoms. The molecule has 1 aliphatic heterocycles. The number of amides is 1. The fraction of sp³-hybridized carbons (Fsp3) is 0.200. The summed E-state index contributed by atoms with van der Waals surface area (Å²) in [4.78, 5) is 33.7. The number of aromatic nitrogens is 2. The molecule has 1 amide bonds. The van der Waals surface area contributed by atoms with Crippen molar-refractivity contribution in [3.8, 4) is 23.1 Å². The van der Waals surface area contributed by atoms with Gasteiger partial charge in [0.2, 0.25) is 5.88 Å². The molecule has 1 aliphatic rings. The van der Waals surface area contributed by atoms with E-state index in [1.54, 1.807) is 44.7 Å². The van der Waals surface area contributed by atoms with Crippen molar-refractivity contribution in [2.45, 2.75) is 20.3 Å². The number of fused-ring (bicyclic) bond motifs is 1.